The maximum atomic E-state index is 12.3. The molecule has 0 unspecified atom stereocenters. The summed E-state index contributed by atoms with van der Waals surface area (Å²) in [6.45, 7) is 1.54. The van der Waals surface area contributed by atoms with E-state index in [-0.39, 0.29) is 5.91 Å². The zero-order chi connectivity index (χ0) is 14.4. The quantitative estimate of drug-likeness (QED) is 0.812. The van der Waals surface area contributed by atoms with Crippen molar-refractivity contribution in [3.8, 4) is 5.75 Å². The first-order chi connectivity index (χ1) is 9.76. The van der Waals surface area contributed by atoms with Crippen LogP contribution in [0, 0.1) is 0 Å². The summed E-state index contributed by atoms with van der Waals surface area (Å²) in [5, 5.41) is 0. The first kappa shape index (κ1) is 14.9. The fraction of sp³-hybridized carbons (Fsp3) is 0.562. The van der Waals surface area contributed by atoms with Gasteiger partial charge in [0.2, 0.25) is 5.91 Å². The van der Waals surface area contributed by atoms with E-state index in [9.17, 15) is 4.79 Å². The Balaban J connectivity index is 2.02. The topological polar surface area (TPSA) is 55.6 Å². The van der Waals surface area contributed by atoms with Crippen LogP contribution < -0.4 is 15.4 Å². The number of fused-ring (bicyclic) bond motifs is 1. The molecule has 0 saturated heterocycles. The Hall–Kier alpha value is -1.55. The molecule has 2 rings (SSSR count). The summed E-state index contributed by atoms with van der Waals surface area (Å²) in [5.74, 6) is 1.09. The molecule has 4 nitrogen and oxygen atoms in total. The lowest BCUT2D eigenvalue weighted by atomic mass is 10.0. The Bertz CT molecular complexity index is 460. The molecule has 1 amide bonds. The third-order valence-electron chi connectivity index (χ3n) is 3.80. The van der Waals surface area contributed by atoms with Gasteiger partial charge in [-0.3, -0.25) is 4.79 Å². The molecule has 0 bridgehead atoms. The van der Waals surface area contributed by atoms with Gasteiger partial charge in [0, 0.05) is 18.7 Å². The number of unbranched alkanes of at least 4 members (excludes halogenated alkanes) is 2. The Morgan fingerprint density at radius 2 is 2.20 bits per heavy atom. The number of ether oxygens (including phenoxy) is 1. The number of amides is 1. The summed E-state index contributed by atoms with van der Waals surface area (Å²) in [4.78, 5) is 14.3. The Morgan fingerprint density at radius 1 is 1.35 bits per heavy atom. The summed E-state index contributed by atoms with van der Waals surface area (Å²) >= 11 is 0. The van der Waals surface area contributed by atoms with Crippen LogP contribution >= 0.6 is 0 Å². The molecule has 0 radical (unpaired) electrons. The second kappa shape index (κ2) is 7.29. The van der Waals surface area contributed by atoms with E-state index >= 15 is 0 Å². The Kier molecular flexibility index (Phi) is 5.41. The molecule has 0 spiro atoms. The first-order valence-electron chi connectivity index (χ1n) is 7.43. The highest BCUT2D eigenvalue weighted by Gasteiger charge is 2.22. The molecule has 1 aromatic rings. The van der Waals surface area contributed by atoms with Crippen LogP contribution in [0.1, 0.15) is 37.7 Å². The lowest BCUT2D eigenvalue weighted by molar-refractivity contribution is -0.118. The third-order valence-corrected chi connectivity index (χ3v) is 3.80. The van der Waals surface area contributed by atoms with Crippen molar-refractivity contribution >= 4 is 11.6 Å². The lowest BCUT2D eigenvalue weighted by Gasteiger charge is -2.30. The molecule has 1 aliphatic heterocycles. The molecule has 0 saturated carbocycles. The van der Waals surface area contributed by atoms with Gasteiger partial charge in [0.05, 0.1) is 7.11 Å². The second-order valence-electron chi connectivity index (χ2n) is 5.24. The number of carbonyl (C=O) groups is 1. The van der Waals surface area contributed by atoms with Crippen molar-refractivity contribution in [3.05, 3.63) is 23.8 Å². The number of aryl methyl sites for hydroxylation is 1. The standard InChI is InChI=1S/C16H24N2O2/c1-20-14-8-9-15-13(12-14)6-5-11-18(15)16(19)7-3-2-4-10-17/h8-9,12H,2-7,10-11,17H2,1H3. The molecule has 1 heterocycles. The van der Waals surface area contributed by atoms with E-state index in [1.54, 1.807) is 7.11 Å². The van der Waals surface area contributed by atoms with Crippen LogP contribution in [-0.4, -0.2) is 26.1 Å². The molecule has 20 heavy (non-hydrogen) atoms. The Morgan fingerprint density at radius 3 is 2.95 bits per heavy atom. The van der Waals surface area contributed by atoms with E-state index in [0.717, 1.165) is 50.1 Å². The monoisotopic (exact) mass is 276 g/mol. The van der Waals surface area contributed by atoms with Gasteiger partial charge in [-0.25, -0.2) is 0 Å². The number of nitrogens with zero attached hydrogens (tertiary/aromatic N) is 1. The number of carbonyl (C=O) groups excluding carboxylic acids is 1. The number of hydrogen-bond donors (Lipinski definition) is 1. The van der Waals surface area contributed by atoms with Gasteiger partial charge in [0.1, 0.15) is 5.75 Å². The largest absolute Gasteiger partial charge is 0.497 e. The van der Waals surface area contributed by atoms with Gasteiger partial charge < -0.3 is 15.4 Å². The van der Waals surface area contributed by atoms with Gasteiger partial charge in [-0.05, 0) is 56.0 Å². The van der Waals surface area contributed by atoms with Crippen LogP contribution in [0.25, 0.3) is 0 Å². The van der Waals surface area contributed by atoms with E-state index in [2.05, 4.69) is 0 Å². The molecule has 0 atom stereocenters. The smallest absolute Gasteiger partial charge is 0.226 e. The minimum atomic E-state index is 0.230. The van der Waals surface area contributed by atoms with Crippen molar-refractivity contribution in [2.45, 2.75) is 38.5 Å². The zero-order valence-electron chi connectivity index (χ0n) is 12.2. The summed E-state index contributed by atoms with van der Waals surface area (Å²) in [6, 6.07) is 5.98. The van der Waals surface area contributed by atoms with Crippen LogP contribution in [0.2, 0.25) is 0 Å². The molecule has 0 aliphatic carbocycles. The second-order valence-corrected chi connectivity index (χ2v) is 5.24. The maximum absolute atomic E-state index is 12.3. The van der Waals surface area contributed by atoms with Crippen molar-refractivity contribution in [1.29, 1.82) is 0 Å². The number of methoxy groups -OCH3 is 1. The number of hydrogen-bond acceptors (Lipinski definition) is 3. The fourth-order valence-electron chi connectivity index (χ4n) is 2.69. The Labute approximate surface area is 120 Å². The highest BCUT2D eigenvalue weighted by molar-refractivity contribution is 5.94. The predicted molar refractivity (Wildman–Crippen MR) is 81.2 cm³/mol. The van der Waals surface area contributed by atoms with Crippen molar-refractivity contribution in [2.75, 3.05) is 25.1 Å². The predicted octanol–water partition coefficient (Wildman–Crippen LogP) is 2.49. The minimum Gasteiger partial charge on any atom is -0.497 e. The van der Waals surface area contributed by atoms with E-state index in [1.165, 1.54) is 5.56 Å². The highest BCUT2D eigenvalue weighted by atomic mass is 16.5. The van der Waals surface area contributed by atoms with Gasteiger partial charge in [0.25, 0.3) is 0 Å². The van der Waals surface area contributed by atoms with E-state index in [0.29, 0.717) is 13.0 Å². The number of benzene rings is 1. The van der Waals surface area contributed by atoms with E-state index in [4.69, 9.17) is 10.5 Å². The zero-order valence-corrected chi connectivity index (χ0v) is 12.2. The van der Waals surface area contributed by atoms with Gasteiger partial charge in [0.15, 0.2) is 0 Å². The number of nitrogens with two attached hydrogens (primary N) is 1. The summed E-state index contributed by atoms with van der Waals surface area (Å²) < 4.78 is 5.25. The van der Waals surface area contributed by atoms with Gasteiger partial charge >= 0.3 is 0 Å². The van der Waals surface area contributed by atoms with Gasteiger partial charge in [-0.1, -0.05) is 6.42 Å². The van der Waals surface area contributed by atoms with Gasteiger partial charge in [-0.15, -0.1) is 0 Å². The summed E-state index contributed by atoms with van der Waals surface area (Å²) in [5.41, 5.74) is 7.74. The van der Waals surface area contributed by atoms with E-state index in [1.807, 2.05) is 23.1 Å². The average Bonchev–Trinajstić information content (AvgIpc) is 2.50. The molecule has 1 aromatic carbocycles. The molecular formula is C16H24N2O2. The van der Waals surface area contributed by atoms with Crippen LogP contribution in [-0.2, 0) is 11.2 Å². The van der Waals surface area contributed by atoms with Crippen molar-refractivity contribution in [1.82, 2.24) is 0 Å². The normalized spacial score (nSPS) is 14.0. The third kappa shape index (κ3) is 3.51. The van der Waals surface area contributed by atoms with Crippen molar-refractivity contribution in [2.24, 2.45) is 5.73 Å². The molecule has 4 heteroatoms. The lowest BCUT2D eigenvalue weighted by Crippen LogP contribution is -2.35. The average molecular weight is 276 g/mol. The molecule has 2 N–H and O–H groups in total. The summed E-state index contributed by atoms with van der Waals surface area (Å²) in [6.07, 6.45) is 5.62. The molecule has 1 aliphatic rings. The molecular weight excluding hydrogens is 252 g/mol. The maximum Gasteiger partial charge on any atom is 0.226 e. The molecule has 0 aromatic heterocycles. The van der Waals surface area contributed by atoms with Crippen LogP contribution in [0.3, 0.4) is 0 Å². The first-order valence-corrected chi connectivity index (χ1v) is 7.43. The fourth-order valence-corrected chi connectivity index (χ4v) is 2.69. The van der Waals surface area contributed by atoms with Crippen LogP contribution in [0.15, 0.2) is 18.2 Å². The van der Waals surface area contributed by atoms with Crippen LogP contribution in [0.4, 0.5) is 5.69 Å². The van der Waals surface area contributed by atoms with Crippen molar-refractivity contribution in [3.63, 3.8) is 0 Å². The highest BCUT2D eigenvalue weighted by Crippen LogP contribution is 2.31. The van der Waals surface area contributed by atoms with Gasteiger partial charge in [-0.2, -0.15) is 0 Å². The van der Waals surface area contributed by atoms with Crippen molar-refractivity contribution < 1.29 is 9.53 Å². The van der Waals surface area contributed by atoms with Crippen LogP contribution in [0.5, 0.6) is 5.75 Å². The SMILES string of the molecule is COc1ccc2c(c1)CCCN2C(=O)CCCCCN. The number of rotatable bonds is 6. The summed E-state index contributed by atoms with van der Waals surface area (Å²) in [7, 11) is 1.67. The molecule has 0 fully saturated rings. The van der Waals surface area contributed by atoms with E-state index < -0.39 is 0 Å². The molecule has 110 valence electrons. The number of anilines is 1. The minimum absolute atomic E-state index is 0.230.